The summed E-state index contributed by atoms with van der Waals surface area (Å²) in [6.45, 7) is 4.68. The number of aromatic nitrogens is 2. The van der Waals surface area contributed by atoms with Crippen molar-refractivity contribution in [2.24, 2.45) is 5.92 Å². The number of benzene rings is 1. The molecule has 3 heterocycles. The Morgan fingerprint density at radius 1 is 1.17 bits per heavy atom. The van der Waals surface area contributed by atoms with Crippen LogP contribution in [0.25, 0.3) is 11.3 Å². The third-order valence-corrected chi connectivity index (χ3v) is 5.60. The van der Waals surface area contributed by atoms with Gasteiger partial charge in [-0.3, -0.25) is 0 Å². The molecule has 0 spiro atoms. The Balaban J connectivity index is 1.35. The predicted octanol–water partition coefficient (Wildman–Crippen LogP) is 5.11. The van der Waals surface area contributed by atoms with Crippen LogP contribution in [0.3, 0.4) is 0 Å². The van der Waals surface area contributed by atoms with Crippen molar-refractivity contribution in [3.63, 3.8) is 0 Å². The molecule has 0 bridgehead atoms. The number of piperidine rings is 1. The van der Waals surface area contributed by atoms with Crippen molar-refractivity contribution in [3.8, 4) is 11.3 Å². The second-order valence-corrected chi connectivity index (χ2v) is 8.28. The molecule has 1 aliphatic heterocycles. The van der Waals surface area contributed by atoms with Gasteiger partial charge in [-0.05, 0) is 43.1 Å². The Hall–Kier alpha value is -2.64. The van der Waals surface area contributed by atoms with Gasteiger partial charge in [-0.1, -0.05) is 48.9 Å². The molecule has 2 aromatic heterocycles. The summed E-state index contributed by atoms with van der Waals surface area (Å²) in [5, 5.41) is 6.95. The van der Waals surface area contributed by atoms with Crippen molar-refractivity contribution in [2.45, 2.75) is 26.3 Å². The Morgan fingerprint density at radius 3 is 2.70 bits per heavy atom. The molecule has 1 aromatic carbocycles. The summed E-state index contributed by atoms with van der Waals surface area (Å²) in [6.07, 6.45) is 2.30. The second kappa shape index (κ2) is 9.45. The number of nitrogens with zero attached hydrogens (tertiary/aromatic N) is 3. The zero-order valence-electron chi connectivity index (χ0n) is 16.8. The van der Waals surface area contributed by atoms with Gasteiger partial charge in [-0.15, -0.1) is 0 Å². The normalized spacial score (nSPS) is 14.5. The first kappa shape index (κ1) is 20.6. The van der Waals surface area contributed by atoms with Crippen LogP contribution in [0.1, 0.15) is 25.5 Å². The highest BCUT2D eigenvalue weighted by Crippen LogP contribution is 2.24. The van der Waals surface area contributed by atoms with Crippen LogP contribution in [-0.2, 0) is 6.54 Å². The summed E-state index contributed by atoms with van der Waals surface area (Å²) in [7, 11) is 0. The Bertz CT molecular complexity index is 1000. The highest BCUT2D eigenvalue weighted by molar-refractivity contribution is 7.80. The van der Waals surface area contributed by atoms with Crippen LogP contribution < -0.4 is 15.5 Å². The van der Waals surface area contributed by atoms with Crippen molar-refractivity contribution >= 4 is 40.7 Å². The summed E-state index contributed by atoms with van der Waals surface area (Å²) in [4.78, 5) is 11.1. The average Bonchev–Trinajstić information content (AvgIpc) is 3.22. The quantitative estimate of drug-likeness (QED) is 0.421. The highest BCUT2D eigenvalue weighted by atomic mass is 35.5. The molecule has 1 saturated heterocycles. The predicted molar refractivity (Wildman–Crippen MR) is 125 cm³/mol. The van der Waals surface area contributed by atoms with E-state index in [-0.39, 0.29) is 0 Å². The van der Waals surface area contributed by atoms with Crippen LogP contribution in [0.4, 0.5) is 11.8 Å². The number of thiocarbonyl (C=S) groups is 1. The van der Waals surface area contributed by atoms with Gasteiger partial charge in [0.25, 0.3) is 0 Å². The highest BCUT2D eigenvalue weighted by Gasteiger charge is 2.18. The first-order chi connectivity index (χ1) is 14.6. The van der Waals surface area contributed by atoms with Crippen molar-refractivity contribution in [3.05, 3.63) is 59.4 Å². The molecular formula is C22H24ClN5OS. The molecule has 3 aromatic rings. The van der Waals surface area contributed by atoms with Crippen LogP contribution in [-0.4, -0.2) is 28.2 Å². The average molecular weight is 442 g/mol. The Kier molecular flexibility index (Phi) is 6.50. The fourth-order valence-corrected chi connectivity index (χ4v) is 3.75. The largest absolute Gasteiger partial charge is 0.459 e. The second-order valence-electron chi connectivity index (χ2n) is 7.48. The molecule has 30 heavy (non-hydrogen) atoms. The minimum atomic E-state index is 0.387. The van der Waals surface area contributed by atoms with E-state index in [2.05, 4.69) is 32.4 Å². The molecule has 156 valence electrons. The fraction of sp³-hybridized carbons (Fsp3) is 0.318. The summed E-state index contributed by atoms with van der Waals surface area (Å²) >= 11 is 11.6. The Labute approximate surface area is 186 Å². The molecule has 0 saturated carbocycles. The van der Waals surface area contributed by atoms with E-state index in [0.29, 0.717) is 22.8 Å². The molecule has 0 radical (unpaired) electrons. The smallest absolute Gasteiger partial charge is 0.232 e. The van der Waals surface area contributed by atoms with Crippen LogP contribution in [0, 0.1) is 5.92 Å². The Morgan fingerprint density at radius 2 is 1.93 bits per heavy atom. The summed E-state index contributed by atoms with van der Waals surface area (Å²) in [6, 6.07) is 15.7. The van der Waals surface area contributed by atoms with E-state index in [9.17, 15) is 0 Å². The van der Waals surface area contributed by atoms with Gasteiger partial charge in [0.05, 0.1) is 6.54 Å². The maximum Gasteiger partial charge on any atom is 0.232 e. The molecular weight excluding hydrogens is 418 g/mol. The van der Waals surface area contributed by atoms with Crippen molar-refractivity contribution in [2.75, 3.05) is 23.3 Å². The standard InChI is InChI=1S/C22H24ClN5OS/c1-15-9-11-28(12-10-15)20-13-19(23)25-21(26-20)27-22(30)24-14-17-7-8-18(29-17)16-5-3-2-4-6-16/h2-8,13,15H,9-12,14H2,1H3,(H2,24,25,26,27,30). The molecule has 2 N–H and O–H groups in total. The van der Waals surface area contributed by atoms with E-state index < -0.39 is 0 Å². The minimum Gasteiger partial charge on any atom is -0.459 e. The number of furan rings is 1. The van der Waals surface area contributed by atoms with Gasteiger partial charge < -0.3 is 20.0 Å². The third kappa shape index (κ3) is 5.29. The van der Waals surface area contributed by atoms with Gasteiger partial charge in [-0.25, -0.2) is 4.98 Å². The van der Waals surface area contributed by atoms with Crippen LogP contribution in [0.15, 0.2) is 52.9 Å². The first-order valence-electron chi connectivity index (χ1n) is 10.1. The zero-order valence-corrected chi connectivity index (χ0v) is 18.3. The van der Waals surface area contributed by atoms with E-state index in [1.54, 1.807) is 6.07 Å². The first-order valence-corrected chi connectivity index (χ1v) is 10.8. The molecule has 1 aliphatic rings. The molecule has 0 amide bonds. The molecule has 0 atom stereocenters. The van der Waals surface area contributed by atoms with E-state index >= 15 is 0 Å². The van der Waals surface area contributed by atoms with Crippen molar-refractivity contribution in [1.82, 2.24) is 15.3 Å². The number of hydrogen-bond donors (Lipinski definition) is 2. The lowest BCUT2D eigenvalue weighted by atomic mass is 9.99. The number of anilines is 2. The molecule has 6 nitrogen and oxygen atoms in total. The van der Waals surface area contributed by atoms with Gasteiger partial charge in [0, 0.05) is 24.7 Å². The lowest BCUT2D eigenvalue weighted by Crippen LogP contribution is -2.34. The molecule has 0 unspecified atom stereocenters. The topological polar surface area (TPSA) is 66.2 Å². The van der Waals surface area contributed by atoms with E-state index in [0.717, 1.165) is 54.8 Å². The summed E-state index contributed by atoms with van der Waals surface area (Å²) in [5.74, 6) is 3.57. The third-order valence-electron chi connectivity index (χ3n) is 5.16. The fourth-order valence-electron chi connectivity index (χ4n) is 3.40. The van der Waals surface area contributed by atoms with Crippen molar-refractivity contribution < 1.29 is 4.42 Å². The number of rotatable bonds is 5. The molecule has 8 heteroatoms. The minimum absolute atomic E-state index is 0.387. The lowest BCUT2D eigenvalue weighted by molar-refractivity contribution is 0.436. The van der Waals surface area contributed by atoms with Gasteiger partial charge in [0.2, 0.25) is 5.95 Å². The number of hydrogen-bond acceptors (Lipinski definition) is 5. The molecule has 1 fully saturated rings. The SMILES string of the molecule is CC1CCN(c2cc(Cl)nc(NC(=S)NCc3ccc(-c4ccccc4)o3)n2)CC1. The van der Waals surface area contributed by atoms with Crippen LogP contribution in [0.5, 0.6) is 0 Å². The van der Waals surface area contributed by atoms with Gasteiger partial charge in [0.1, 0.15) is 22.5 Å². The van der Waals surface area contributed by atoms with Crippen molar-refractivity contribution in [1.29, 1.82) is 0 Å². The van der Waals surface area contributed by atoms with Gasteiger partial charge in [-0.2, -0.15) is 4.98 Å². The van der Waals surface area contributed by atoms with Gasteiger partial charge >= 0.3 is 0 Å². The summed E-state index contributed by atoms with van der Waals surface area (Å²) < 4.78 is 5.89. The van der Waals surface area contributed by atoms with Crippen LogP contribution in [0.2, 0.25) is 5.15 Å². The molecule has 4 rings (SSSR count). The number of nitrogens with one attached hydrogen (secondary N) is 2. The van der Waals surface area contributed by atoms with Gasteiger partial charge in [0.15, 0.2) is 5.11 Å². The van der Waals surface area contributed by atoms with E-state index in [1.807, 2.05) is 42.5 Å². The maximum absolute atomic E-state index is 6.22. The lowest BCUT2D eigenvalue weighted by Gasteiger charge is -2.31. The van der Waals surface area contributed by atoms with E-state index in [1.165, 1.54) is 0 Å². The monoisotopic (exact) mass is 441 g/mol. The van der Waals surface area contributed by atoms with E-state index in [4.69, 9.17) is 28.2 Å². The zero-order chi connectivity index (χ0) is 20.9. The van der Waals surface area contributed by atoms with Crippen LogP contribution >= 0.6 is 23.8 Å². The number of halogens is 1. The maximum atomic E-state index is 6.22. The molecule has 0 aliphatic carbocycles. The summed E-state index contributed by atoms with van der Waals surface area (Å²) in [5.41, 5.74) is 1.04.